The highest BCUT2D eigenvalue weighted by Crippen LogP contribution is 2.14. The van der Waals surface area contributed by atoms with Crippen molar-refractivity contribution in [3.63, 3.8) is 0 Å². The van der Waals surface area contributed by atoms with Crippen molar-refractivity contribution >= 4 is 23.2 Å². The number of aliphatic hydroxyl groups is 5. The summed E-state index contributed by atoms with van der Waals surface area (Å²) in [4.78, 5) is 11.6. The molecule has 6 N–H and O–H groups in total. The van der Waals surface area contributed by atoms with Crippen LogP contribution in [0.5, 0.6) is 0 Å². The van der Waals surface area contributed by atoms with Crippen molar-refractivity contribution in [2.24, 2.45) is 0 Å². The second-order valence-electron chi connectivity index (χ2n) is 4.17. The minimum Gasteiger partial charge on any atom is -0.394 e. The van der Waals surface area contributed by atoms with Crippen LogP contribution in [0.25, 0.3) is 0 Å². The highest BCUT2D eigenvalue weighted by Gasteiger charge is 2.34. The first kappa shape index (κ1) is 16.8. The molecule has 0 aliphatic rings. The van der Waals surface area contributed by atoms with Gasteiger partial charge in [0.1, 0.15) is 18.3 Å². The predicted octanol–water partition coefficient (Wildman–Crippen LogP) is -1.29. The molecule has 1 aromatic rings. The van der Waals surface area contributed by atoms with E-state index in [0.29, 0.717) is 10.7 Å². The summed E-state index contributed by atoms with van der Waals surface area (Å²) >= 11 is 5.67. The highest BCUT2D eigenvalue weighted by atomic mass is 35.5. The summed E-state index contributed by atoms with van der Waals surface area (Å²) in [6.45, 7) is -0.816. The number of rotatable bonds is 6. The summed E-state index contributed by atoms with van der Waals surface area (Å²) in [5.41, 5.74) is 0.336. The first-order valence-corrected chi connectivity index (χ1v) is 6.14. The average Bonchev–Trinajstić information content (AvgIpc) is 2.46. The Morgan fingerprint density at radius 2 is 1.65 bits per heavy atom. The van der Waals surface area contributed by atoms with E-state index < -0.39 is 36.9 Å². The number of halogens is 1. The fourth-order valence-corrected chi connectivity index (χ4v) is 1.55. The van der Waals surface area contributed by atoms with E-state index in [2.05, 4.69) is 5.32 Å². The molecule has 20 heavy (non-hydrogen) atoms. The molecule has 112 valence electrons. The SMILES string of the molecule is O=C(Nc1ccc(Cl)cc1)[C@@H](O)[C@H](O)[C@H](O)[C@H](O)CO. The number of carbonyl (C=O) groups excluding carboxylic acids is 1. The number of benzene rings is 1. The fourth-order valence-electron chi connectivity index (χ4n) is 1.43. The molecule has 7 nitrogen and oxygen atoms in total. The predicted molar refractivity (Wildman–Crippen MR) is 71.2 cm³/mol. The molecule has 0 heterocycles. The lowest BCUT2D eigenvalue weighted by Gasteiger charge is -2.24. The molecule has 0 aliphatic heterocycles. The molecule has 0 aliphatic carbocycles. The van der Waals surface area contributed by atoms with E-state index >= 15 is 0 Å². The number of hydrogen-bond acceptors (Lipinski definition) is 6. The second kappa shape index (κ2) is 7.53. The molecule has 1 amide bonds. The largest absolute Gasteiger partial charge is 0.394 e. The lowest BCUT2D eigenvalue weighted by Crippen LogP contribution is -2.50. The van der Waals surface area contributed by atoms with Gasteiger partial charge in [0.25, 0.3) is 5.91 Å². The van der Waals surface area contributed by atoms with Gasteiger partial charge in [-0.2, -0.15) is 0 Å². The summed E-state index contributed by atoms with van der Waals surface area (Å²) < 4.78 is 0. The van der Waals surface area contributed by atoms with Crippen LogP contribution in [0.2, 0.25) is 5.02 Å². The van der Waals surface area contributed by atoms with Gasteiger partial charge >= 0.3 is 0 Å². The van der Waals surface area contributed by atoms with Crippen LogP contribution in [-0.2, 0) is 4.79 Å². The third-order valence-corrected chi connectivity index (χ3v) is 2.89. The van der Waals surface area contributed by atoms with Crippen LogP contribution in [0.15, 0.2) is 24.3 Å². The smallest absolute Gasteiger partial charge is 0.256 e. The first-order chi connectivity index (χ1) is 9.36. The minimum absolute atomic E-state index is 0.336. The Balaban J connectivity index is 2.64. The second-order valence-corrected chi connectivity index (χ2v) is 4.61. The average molecular weight is 306 g/mol. The van der Waals surface area contributed by atoms with Gasteiger partial charge in [-0.3, -0.25) is 4.79 Å². The molecule has 1 rings (SSSR count). The van der Waals surface area contributed by atoms with E-state index in [1.165, 1.54) is 24.3 Å². The van der Waals surface area contributed by atoms with Crippen LogP contribution in [0.1, 0.15) is 0 Å². The first-order valence-electron chi connectivity index (χ1n) is 5.76. The topological polar surface area (TPSA) is 130 Å². The molecule has 0 aromatic heterocycles. The molecule has 0 saturated carbocycles. The van der Waals surface area contributed by atoms with E-state index in [-0.39, 0.29) is 0 Å². The maximum atomic E-state index is 11.6. The van der Waals surface area contributed by atoms with Crippen molar-refractivity contribution in [3.05, 3.63) is 29.3 Å². The molecule has 0 radical (unpaired) electrons. The van der Waals surface area contributed by atoms with Crippen molar-refractivity contribution in [3.8, 4) is 0 Å². The van der Waals surface area contributed by atoms with Crippen LogP contribution in [0.4, 0.5) is 5.69 Å². The maximum Gasteiger partial charge on any atom is 0.256 e. The summed E-state index contributed by atoms with van der Waals surface area (Å²) in [5.74, 6) is -0.969. The normalized spacial score (nSPS) is 17.1. The Morgan fingerprint density at radius 1 is 1.10 bits per heavy atom. The van der Waals surface area contributed by atoms with Crippen molar-refractivity contribution in [1.82, 2.24) is 0 Å². The maximum absolute atomic E-state index is 11.6. The van der Waals surface area contributed by atoms with Crippen LogP contribution in [0.3, 0.4) is 0 Å². The Kier molecular flexibility index (Phi) is 6.34. The molecule has 0 bridgehead atoms. The van der Waals surface area contributed by atoms with Gasteiger partial charge in [-0.05, 0) is 24.3 Å². The lowest BCUT2D eigenvalue weighted by atomic mass is 10.0. The number of carbonyl (C=O) groups is 1. The zero-order valence-electron chi connectivity index (χ0n) is 10.3. The van der Waals surface area contributed by atoms with Gasteiger partial charge in [-0.1, -0.05) is 11.6 Å². The molecule has 1 aromatic carbocycles. The van der Waals surface area contributed by atoms with E-state index in [9.17, 15) is 20.1 Å². The van der Waals surface area contributed by atoms with E-state index in [0.717, 1.165) is 0 Å². The van der Waals surface area contributed by atoms with Crippen molar-refractivity contribution in [2.45, 2.75) is 24.4 Å². The number of nitrogens with one attached hydrogen (secondary N) is 1. The molecule has 0 saturated heterocycles. The van der Waals surface area contributed by atoms with Crippen LogP contribution >= 0.6 is 11.6 Å². The quantitative estimate of drug-likeness (QED) is 0.388. The van der Waals surface area contributed by atoms with Gasteiger partial charge in [0, 0.05) is 10.7 Å². The van der Waals surface area contributed by atoms with Gasteiger partial charge < -0.3 is 30.8 Å². The molecule has 0 unspecified atom stereocenters. The number of aliphatic hydroxyl groups excluding tert-OH is 5. The molecule has 0 fully saturated rings. The molecular formula is C12H16ClNO6. The summed E-state index contributed by atoms with van der Waals surface area (Å²) in [7, 11) is 0. The van der Waals surface area contributed by atoms with Gasteiger partial charge in [0.2, 0.25) is 0 Å². The lowest BCUT2D eigenvalue weighted by molar-refractivity contribution is -0.144. The highest BCUT2D eigenvalue weighted by molar-refractivity contribution is 6.30. The standard InChI is InChI=1S/C12H16ClNO6/c13-6-1-3-7(4-2-6)14-12(20)11(19)10(18)9(17)8(16)5-15/h1-4,8-11,15-19H,5H2,(H,14,20)/t8-,9-,10-,11+/m1/s1. The van der Waals surface area contributed by atoms with E-state index in [1.807, 2.05) is 0 Å². The zero-order chi connectivity index (χ0) is 15.3. The van der Waals surface area contributed by atoms with Crippen LogP contribution in [-0.4, -0.2) is 62.5 Å². The Morgan fingerprint density at radius 3 is 2.15 bits per heavy atom. The van der Waals surface area contributed by atoms with Crippen molar-refractivity contribution in [1.29, 1.82) is 0 Å². The summed E-state index contributed by atoms with van der Waals surface area (Å²) in [5, 5.41) is 49.0. The summed E-state index contributed by atoms with van der Waals surface area (Å²) in [6, 6.07) is 6.01. The zero-order valence-corrected chi connectivity index (χ0v) is 11.1. The molecular weight excluding hydrogens is 290 g/mol. The minimum atomic E-state index is -1.97. The van der Waals surface area contributed by atoms with Crippen LogP contribution in [0, 0.1) is 0 Å². The third-order valence-electron chi connectivity index (χ3n) is 2.64. The monoisotopic (exact) mass is 305 g/mol. The number of hydrogen-bond donors (Lipinski definition) is 6. The van der Waals surface area contributed by atoms with E-state index in [4.69, 9.17) is 21.8 Å². The summed E-state index contributed by atoms with van der Waals surface area (Å²) in [6.07, 6.45) is -7.43. The Hall–Kier alpha value is -1.22. The third kappa shape index (κ3) is 4.41. The van der Waals surface area contributed by atoms with Gasteiger partial charge in [0.05, 0.1) is 6.61 Å². The molecule has 8 heteroatoms. The van der Waals surface area contributed by atoms with Crippen molar-refractivity contribution < 1.29 is 30.3 Å². The molecule has 0 spiro atoms. The fraction of sp³-hybridized carbons (Fsp3) is 0.417. The number of amides is 1. The number of anilines is 1. The van der Waals surface area contributed by atoms with Crippen LogP contribution < -0.4 is 5.32 Å². The Bertz CT molecular complexity index is 440. The molecule has 4 atom stereocenters. The van der Waals surface area contributed by atoms with Crippen molar-refractivity contribution in [2.75, 3.05) is 11.9 Å². The van der Waals surface area contributed by atoms with Gasteiger partial charge in [-0.25, -0.2) is 0 Å². The van der Waals surface area contributed by atoms with E-state index in [1.54, 1.807) is 0 Å². The Labute approximate surface area is 120 Å². The van der Waals surface area contributed by atoms with Gasteiger partial charge in [0.15, 0.2) is 6.10 Å². The van der Waals surface area contributed by atoms with Gasteiger partial charge in [-0.15, -0.1) is 0 Å².